The molecule has 0 saturated heterocycles. The molecule has 0 aliphatic heterocycles. The van der Waals surface area contributed by atoms with E-state index in [4.69, 9.17) is 0 Å². The standard InChI is InChI=1S/C24H20NS.Ir/c1-2-12-25-22(9-1)20-8-4-6-18-17-5-3-7-19(23(17)26-24(18)20)21-14-15-10-11-16(21)13-15;/h1-7,9,12,15-16,21H,10-11,13-14H2;/q-1;. The summed E-state index contributed by atoms with van der Waals surface area (Å²) in [4.78, 5) is 4.58. The minimum atomic E-state index is 0. The number of hydrogen-bond donors (Lipinski definition) is 0. The minimum Gasteiger partial charge on any atom is -0.305 e. The fourth-order valence-electron chi connectivity index (χ4n) is 5.40. The Labute approximate surface area is 177 Å². The average molecular weight is 547 g/mol. The second-order valence-electron chi connectivity index (χ2n) is 7.92. The quantitative estimate of drug-likeness (QED) is 0.252. The Balaban J connectivity index is 0.00000160. The molecule has 3 atom stereocenters. The van der Waals surface area contributed by atoms with Crippen molar-refractivity contribution in [3.05, 3.63) is 66.4 Å². The molecule has 137 valence electrons. The molecule has 27 heavy (non-hydrogen) atoms. The Morgan fingerprint density at radius 3 is 2.63 bits per heavy atom. The maximum Gasteiger partial charge on any atom is 0.0274 e. The van der Waals surface area contributed by atoms with Crippen molar-refractivity contribution in [2.24, 2.45) is 11.8 Å². The van der Waals surface area contributed by atoms with Crippen LogP contribution in [0.1, 0.15) is 37.2 Å². The van der Waals surface area contributed by atoms with Crippen LogP contribution in [0.25, 0.3) is 31.4 Å². The molecule has 2 bridgehead atoms. The molecule has 2 aliphatic carbocycles. The number of rotatable bonds is 2. The third-order valence-corrected chi connectivity index (χ3v) is 7.84. The molecule has 1 radical (unpaired) electrons. The molecular weight excluding hydrogens is 527 g/mol. The molecule has 3 unspecified atom stereocenters. The van der Waals surface area contributed by atoms with Gasteiger partial charge in [0, 0.05) is 31.0 Å². The molecule has 2 fully saturated rings. The molecule has 4 aromatic rings. The fourth-order valence-corrected chi connectivity index (χ4v) is 6.79. The number of thiophene rings is 1. The Bertz CT molecular complexity index is 1120. The molecular formula is C24H20IrNS-. The number of fused-ring (bicyclic) bond motifs is 5. The summed E-state index contributed by atoms with van der Waals surface area (Å²) in [6.07, 6.45) is 7.62. The SMILES string of the molecule is [Ir].[c-]1ccc2c(sc3c(C4CC5CCC4C5)cccc32)c1-c1ccccn1. The molecule has 2 aromatic carbocycles. The van der Waals surface area contributed by atoms with Crippen molar-refractivity contribution in [3.63, 3.8) is 0 Å². The van der Waals surface area contributed by atoms with Gasteiger partial charge in [0.25, 0.3) is 0 Å². The molecule has 0 amide bonds. The Morgan fingerprint density at radius 1 is 0.926 bits per heavy atom. The summed E-state index contributed by atoms with van der Waals surface area (Å²) in [5.74, 6) is 2.66. The van der Waals surface area contributed by atoms with Gasteiger partial charge >= 0.3 is 0 Å². The first kappa shape index (κ1) is 17.6. The maximum absolute atomic E-state index is 4.58. The van der Waals surface area contributed by atoms with Gasteiger partial charge < -0.3 is 4.98 Å². The van der Waals surface area contributed by atoms with Crippen molar-refractivity contribution in [3.8, 4) is 11.3 Å². The zero-order valence-electron chi connectivity index (χ0n) is 14.9. The van der Waals surface area contributed by atoms with Crippen molar-refractivity contribution in [1.82, 2.24) is 4.98 Å². The first-order valence-electron chi connectivity index (χ1n) is 9.65. The average Bonchev–Trinajstić information content (AvgIpc) is 3.42. The zero-order chi connectivity index (χ0) is 17.1. The van der Waals surface area contributed by atoms with Gasteiger partial charge in [-0.05, 0) is 64.4 Å². The molecule has 2 heterocycles. The molecule has 3 heteroatoms. The summed E-state index contributed by atoms with van der Waals surface area (Å²) < 4.78 is 2.83. The van der Waals surface area contributed by atoms with Crippen LogP contribution in [0.15, 0.2) is 54.7 Å². The van der Waals surface area contributed by atoms with Gasteiger partial charge in [-0.2, -0.15) is 11.3 Å². The van der Waals surface area contributed by atoms with E-state index >= 15 is 0 Å². The van der Waals surface area contributed by atoms with Crippen molar-refractivity contribution < 1.29 is 20.1 Å². The molecule has 1 nitrogen and oxygen atoms in total. The Hall–Kier alpha value is -1.54. The summed E-state index contributed by atoms with van der Waals surface area (Å²) in [6.45, 7) is 0. The van der Waals surface area contributed by atoms with Crippen molar-refractivity contribution in [2.45, 2.75) is 31.6 Å². The van der Waals surface area contributed by atoms with Crippen molar-refractivity contribution in [1.29, 1.82) is 0 Å². The summed E-state index contributed by atoms with van der Waals surface area (Å²) in [6, 6.07) is 20.8. The van der Waals surface area contributed by atoms with Gasteiger partial charge in [0.1, 0.15) is 0 Å². The number of pyridine rings is 1. The molecule has 2 saturated carbocycles. The van der Waals surface area contributed by atoms with Gasteiger partial charge in [-0.3, -0.25) is 0 Å². The van der Waals surface area contributed by atoms with Crippen LogP contribution in [-0.4, -0.2) is 4.98 Å². The van der Waals surface area contributed by atoms with Gasteiger partial charge in [-0.25, -0.2) is 0 Å². The van der Waals surface area contributed by atoms with E-state index in [2.05, 4.69) is 53.5 Å². The van der Waals surface area contributed by atoms with Gasteiger partial charge in [0.15, 0.2) is 0 Å². The third-order valence-electron chi connectivity index (χ3n) is 6.55. The topological polar surface area (TPSA) is 12.9 Å². The maximum atomic E-state index is 4.58. The Morgan fingerprint density at radius 2 is 1.85 bits per heavy atom. The van der Waals surface area contributed by atoms with E-state index in [1.54, 1.807) is 5.56 Å². The zero-order valence-corrected chi connectivity index (χ0v) is 18.2. The predicted molar refractivity (Wildman–Crippen MR) is 110 cm³/mol. The van der Waals surface area contributed by atoms with Gasteiger partial charge in [0.05, 0.1) is 0 Å². The fraction of sp³-hybridized carbons (Fsp3) is 0.292. The van der Waals surface area contributed by atoms with E-state index in [1.165, 1.54) is 45.9 Å². The molecule has 6 rings (SSSR count). The second kappa shape index (κ2) is 6.81. The molecule has 2 aromatic heterocycles. The summed E-state index contributed by atoms with van der Waals surface area (Å²) in [5, 5.41) is 2.77. The Kier molecular flexibility index (Phi) is 4.43. The van der Waals surface area contributed by atoms with E-state index in [-0.39, 0.29) is 20.1 Å². The summed E-state index contributed by atoms with van der Waals surface area (Å²) in [5.41, 5.74) is 3.76. The van der Waals surface area contributed by atoms with Crippen molar-refractivity contribution >= 4 is 31.5 Å². The van der Waals surface area contributed by atoms with E-state index in [1.807, 2.05) is 23.6 Å². The van der Waals surface area contributed by atoms with Crippen LogP contribution >= 0.6 is 11.3 Å². The minimum absolute atomic E-state index is 0. The molecule has 2 aliphatic rings. The van der Waals surface area contributed by atoms with E-state index in [9.17, 15) is 0 Å². The van der Waals surface area contributed by atoms with E-state index in [0.717, 1.165) is 29.0 Å². The number of aromatic nitrogens is 1. The van der Waals surface area contributed by atoms with Crippen molar-refractivity contribution in [2.75, 3.05) is 0 Å². The largest absolute Gasteiger partial charge is 0.305 e. The van der Waals surface area contributed by atoms with E-state index < -0.39 is 0 Å². The van der Waals surface area contributed by atoms with Crippen LogP contribution in [0.2, 0.25) is 0 Å². The predicted octanol–water partition coefficient (Wildman–Crippen LogP) is 6.82. The number of hydrogen-bond acceptors (Lipinski definition) is 2. The second-order valence-corrected chi connectivity index (χ2v) is 8.94. The van der Waals surface area contributed by atoms with Gasteiger partial charge in [0.2, 0.25) is 0 Å². The monoisotopic (exact) mass is 547 g/mol. The van der Waals surface area contributed by atoms with Crippen LogP contribution < -0.4 is 0 Å². The van der Waals surface area contributed by atoms with Crippen LogP contribution in [0.5, 0.6) is 0 Å². The smallest absolute Gasteiger partial charge is 0.0274 e. The first-order valence-corrected chi connectivity index (χ1v) is 10.5. The van der Waals surface area contributed by atoms with Gasteiger partial charge in [-0.15, -0.1) is 23.8 Å². The number of nitrogens with zero attached hydrogens (tertiary/aromatic N) is 1. The number of benzene rings is 2. The van der Waals surface area contributed by atoms with Crippen LogP contribution in [-0.2, 0) is 20.1 Å². The molecule has 0 N–H and O–H groups in total. The summed E-state index contributed by atoms with van der Waals surface area (Å²) >= 11 is 1.95. The first-order chi connectivity index (χ1) is 12.9. The van der Waals surface area contributed by atoms with E-state index in [0.29, 0.717) is 0 Å². The van der Waals surface area contributed by atoms with Crippen LogP contribution in [0, 0.1) is 17.9 Å². The summed E-state index contributed by atoms with van der Waals surface area (Å²) in [7, 11) is 0. The van der Waals surface area contributed by atoms with Crippen LogP contribution in [0.4, 0.5) is 0 Å². The van der Waals surface area contributed by atoms with Crippen LogP contribution in [0.3, 0.4) is 0 Å². The third kappa shape index (κ3) is 2.71. The van der Waals surface area contributed by atoms with Gasteiger partial charge in [-0.1, -0.05) is 42.1 Å². The molecule has 0 spiro atoms. The normalized spacial score (nSPS) is 23.8.